The summed E-state index contributed by atoms with van der Waals surface area (Å²) in [5, 5.41) is 7.73. The average molecular weight is 477 g/mol. The minimum atomic E-state index is -0.396. The van der Waals surface area contributed by atoms with E-state index in [4.69, 9.17) is 0 Å². The van der Waals surface area contributed by atoms with Gasteiger partial charge in [0, 0.05) is 37.4 Å². The SMILES string of the molecule is CCN1CCN(c2ccc(F)cc2C(C)NC(=O)CNC(=O)Cc2cccc3ccccc23)CC1. The van der Waals surface area contributed by atoms with Crippen molar-refractivity contribution in [2.45, 2.75) is 26.3 Å². The van der Waals surface area contributed by atoms with E-state index in [9.17, 15) is 14.0 Å². The Morgan fingerprint density at radius 1 is 0.971 bits per heavy atom. The summed E-state index contributed by atoms with van der Waals surface area (Å²) < 4.78 is 14.1. The van der Waals surface area contributed by atoms with E-state index < -0.39 is 6.04 Å². The number of anilines is 1. The Bertz CT molecular complexity index is 1190. The van der Waals surface area contributed by atoms with E-state index in [1.54, 1.807) is 6.07 Å². The molecule has 35 heavy (non-hydrogen) atoms. The summed E-state index contributed by atoms with van der Waals surface area (Å²) in [5.41, 5.74) is 2.60. The first-order valence-corrected chi connectivity index (χ1v) is 12.2. The zero-order chi connectivity index (χ0) is 24.8. The number of nitrogens with zero attached hydrogens (tertiary/aromatic N) is 2. The maximum Gasteiger partial charge on any atom is 0.239 e. The van der Waals surface area contributed by atoms with Gasteiger partial charge in [-0.05, 0) is 48.0 Å². The largest absolute Gasteiger partial charge is 0.369 e. The highest BCUT2D eigenvalue weighted by molar-refractivity contribution is 5.91. The number of nitrogens with one attached hydrogen (secondary N) is 2. The van der Waals surface area contributed by atoms with Crippen LogP contribution in [-0.4, -0.2) is 56.0 Å². The zero-order valence-corrected chi connectivity index (χ0v) is 20.4. The highest BCUT2D eigenvalue weighted by Gasteiger charge is 2.22. The molecule has 184 valence electrons. The lowest BCUT2D eigenvalue weighted by Crippen LogP contribution is -2.46. The van der Waals surface area contributed by atoms with E-state index in [1.807, 2.05) is 49.4 Å². The number of hydrogen-bond acceptors (Lipinski definition) is 4. The van der Waals surface area contributed by atoms with Crippen LogP contribution in [0.5, 0.6) is 0 Å². The molecule has 7 heteroatoms. The fraction of sp³-hybridized carbons (Fsp3) is 0.357. The molecule has 3 aromatic rings. The van der Waals surface area contributed by atoms with E-state index in [0.717, 1.165) is 60.3 Å². The third kappa shape index (κ3) is 6.17. The number of benzene rings is 3. The Hall–Kier alpha value is -3.45. The van der Waals surface area contributed by atoms with Crippen molar-refractivity contribution in [1.82, 2.24) is 15.5 Å². The van der Waals surface area contributed by atoms with Crippen LogP contribution in [0.1, 0.15) is 31.0 Å². The monoisotopic (exact) mass is 476 g/mol. The number of fused-ring (bicyclic) bond motifs is 1. The second kappa shape index (κ2) is 11.3. The van der Waals surface area contributed by atoms with Gasteiger partial charge in [0.15, 0.2) is 0 Å². The zero-order valence-electron chi connectivity index (χ0n) is 20.4. The second-order valence-corrected chi connectivity index (χ2v) is 9.01. The lowest BCUT2D eigenvalue weighted by atomic mass is 10.0. The summed E-state index contributed by atoms with van der Waals surface area (Å²) in [6, 6.07) is 18.1. The summed E-state index contributed by atoms with van der Waals surface area (Å²) in [7, 11) is 0. The minimum Gasteiger partial charge on any atom is -0.369 e. The van der Waals surface area contributed by atoms with Gasteiger partial charge in [-0.1, -0.05) is 49.4 Å². The van der Waals surface area contributed by atoms with Crippen LogP contribution >= 0.6 is 0 Å². The summed E-state index contributed by atoms with van der Waals surface area (Å²) in [5.74, 6) is -0.861. The molecule has 0 aromatic heterocycles. The molecule has 0 radical (unpaired) electrons. The van der Waals surface area contributed by atoms with E-state index in [0.29, 0.717) is 0 Å². The second-order valence-electron chi connectivity index (χ2n) is 9.01. The fourth-order valence-corrected chi connectivity index (χ4v) is 4.70. The van der Waals surface area contributed by atoms with Crippen molar-refractivity contribution < 1.29 is 14.0 Å². The molecule has 0 bridgehead atoms. The van der Waals surface area contributed by atoms with Crippen LogP contribution in [0, 0.1) is 5.82 Å². The predicted octanol–water partition coefficient (Wildman–Crippen LogP) is 3.66. The Balaban J connectivity index is 1.34. The van der Waals surface area contributed by atoms with E-state index in [1.165, 1.54) is 12.1 Å². The molecule has 1 atom stereocenters. The quantitative estimate of drug-likeness (QED) is 0.521. The first kappa shape index (κ1) is 24.7. The van der Waals surface area contributed by atoms with Crippen molar-refractivity contribution in [1.29, 1.82) is 0 Å². The summed E-state index contributed by atoms with van der Waals surface area (Å²) in [6.07, 6.45) is 0.196. The van der Waals surface area contributed by atoms with Crippen molar-refractivity contribution in [3.8, 4) is 0 Å². The van der Waals surface area contributed by atoms with Crippen LogP contribution in [0.2, 0.25) is 0 Å². The predicted molar refractivity (Wildman–Crippen MR) is 138 cm³/mol. The maximum atomic E-state index is 14.1. The number of hydrogen-bond donors (Lipinski definition) is 2. The third-order valence-corrected chi connectivity index (χ3v) is 6.67. The molecule has 4 rings (SSSR count). The summed E-state index contributed by atoms with van der Waals surface area (Å²) in [6.45, 7) is 8.51. The van der Waals surface area contributed by atoms with Gasteiger partial charge in [0.25, 0.3) is 0 Å². The molecule has 1 fully saturated rings. The molecule has 3 aromatic carbocycles. The molecule has 2 N–H and O–H groups in total. The molecule has 1 heterocycles. The lowest BCUT2D eigenvalue weighted by molar-refractivity contribution is -0.126. The van der Waals surface area contributed by atoms with E-state index >= 15 is 0 Å². The van der Waals surface area contributed by atoms with Gasteiger partial charge in [-0.2, -0.15) is 0 Å². The van der Waals surface area contributed by atoms with Crippen LogP contribution in [0.15, 0.2) is 60.7 Å². The molecule has 2 amide bonds. The molecule has 0 aliphatic carbocycles. The molecular weight excluding hydrogens is 443 g/mol. The molecule has 0 saturated carbocycles. The van der Waals surface area contributed by atoms with Crippen molar-refractivity contribution in [3.05, 3.63) is 77.6 Å². The molecular formula is C28H33FN4O2. The van der Waals surface area contributed by atoms with Crippen LogP contribution in [0.3, 0.4) is 0 Å². The van der Waals surface area contributed by atoms with Gasteiger partial charge < -0.3 is 20.4 Å². The number of carbonyl (C=O) groups is 2. The van der Waals surface area contributed by atoms with E-state index in [-0.39, 0.29) is 30.6 Å². The van der Waals surface area contributed by atoms with Gasteiger partial charge in [-0.15, -0.1) is 0 Å². The molecule has 1 unspecified atom stereocenters. The van der Waals surface area contributed by atoms with Crippen LogP contribution in [0.4, 0.5) is 10.1 Å². The third-order valence-electron chi connectivity index (χ3n) is 6.67. The van der Waals surface area contributed by atoms with Gasteiger partial charge in [0.2, 0.25) is 11.8 Å². The average Bonchev–Trinajstić information content (AvgIpc) is 2.88. The Morgan fingerprint density at radius 3 is 2.49 bits per heavy atom. The first-order chi connectivity index (χ1) is 16.9. The minimum absolute atomic E-state index is 0.131. The van der Waals surface area contributed by atoms with Crippen molar-refractivity contribution in [2.24, 2.45) is 0 Å². The van der Waals surface area contributed by atoms with Gasteiger partial charge in [-0.3, -0.25) is 9.59 Å². The Labute approximate surface area is 206 Å². The highest BCUT2D eigenvalue weighted by atomic mass is 19.1. The van der Waals surface area contributed by atoms with Gasteiger partial charge in [0.05, 0.1) is 19.0 Å². The topological polar surface area (TPSA) is 64.7 Å². The standard InChI is InChI=1S/C28H33FN4O2/c1-3-32-13-15-33(16-14-32)26-12-11-23(29)18-25(26)20(2)31-28(35)19-30-27(34)17-22-9-6-8-21-7-4-5-10-24(21)22/h4-12,18,20H,3,13-17,19H2,1-2H3,(H,30,34)(H,31,35). The fourth-order valence-electron chi connectivity index (χ4n) is 4.70. The Kier molecular flexibility index (Phi) is 7.98. The molecule has 1 aliphatic rings. The Morgan fingerprint density at radius 2 is 1.71 bits per heavy atom. The molecule has 0 spiro atoms. The van der Waals surface area contributed by atoms with Crippen molar-refractivity contribution in [3.63, 3.8) is 0 Å². The summed E-state index contributed by atoms with van der Waals surface area (Å²) >= 11 is 0. The smallest absolute Gasteiger partial charge is 0.239 e. The molecule has 6 nitrogen and oxygen atoms in total. The van der Waals surface area contributed by atoms with Gasteiger partial charge in [0.1, 0.15) is 5.82 Å². The number of amides is 2. The van der Waals surface area contributed by atoms with Crippen molar-refractivity contribution >= 4 is 28.3 Å². The number of likely N-dealkylation sites (N-methyl/N-ethyl adjacent to an activating group) is 1. The van der Waals surface area contributed by atoms with Crippen molar-refractivity contribution in [2.75, 3.05) is 44.2 Å². The molecule has 1 aliphatic heterocycles. The van der Waals surface area contributed by atoms with Gasteiger partial charge in [-0.25, -0.2) is 4.39 Å². The lowest BCUT2D eigenvalue weighted by Gasteiger charge is -2.37. The first-order valence-electron chi connectivity index (χ1n) is 12.2. The maximum absolute atomic E-state index is 14.1. The van der Waals surface area contributed by atoms with E-state index in [2.05, 4.69) is 27.4 Å². The van der Waals surface area contributed by atoms with Crippen LogP contribution in [0.25, 0.3) is 10.8 Å². The number of carbonyl (C=O) groups excluding carboxylic acids is 2. The van der Waals surface area contributed by atoms with Crippen LogP contribution in [-0.2, 0) is 16.0 Å². The summed E-state index contributed by atoms with van der Waals surface area (Å²) in [4.78, 5) is 29.8. The van der Waals surface area contributed by atoms with Crippen LogP contribution < -0.4 is 15.5 Å². The normalized spacial score (nSPS) is 15.1. The number of rotatable bonds is 8. The van der Waals surface area contributed by atoms with Gasteiger partial charge >= 0.3 is 0 Å². The molecule has 1 saturated heterocycles. The highest BCUT2D eigenvalue weighted by Crippen LogP contribution is 2.28. The number of halogens is 1. The number of piperazine rings is 1.